The van der Waals surface area contributed by atoms with Gasteiger partial charge in [0.2, 0.25) is 0 Å². The average Bonchev–Trinajstić information content (AvgIpc) is 2.11. The van der Waals surface area contributed by atoms with Crippen molar-refractivity contribution >= 4 is 5.78 Å². The molecular weight excluding hydrogens is 118 g/mol. The molecule has 2 rings (SSSR count). The van der Waals surface area contributed by atoms with Crippen LogP contribution in [0.25, 0.3) is 0 Å². The van der Waals surface area contributed by atoms with E-state index < -0.39 is 0 Å². The van der Waals surface area contributed by atoms with Gasteiger partial charge < -0.3 is 4.74 Å². The lowest BCUT2D eigenvalue weighted by molar-refractivity contribution is -0.122. The number of piperidine rings is 1. The lowest BCUT2D eigenvalue weighted by Crippen LogP contribution is -2.39. The summed E-state index contributed by atoms with van der Waals surface area (Å²) in [5.41, 5.74) is 0. The smallest absolute Gasteiger partial charge is 0.138 e. The number of ether oxygens (including phenoxy) is 1. The highest BCUT2D eigenvalue weighted by molar-refractivity contribution is 5.80. The van der Waals surface area contributed by atoms with Crippen LogP contribution in [-0.2, 0) is 9.53 Å². The van der Waals surface area contributed by atoms with E-state index in [0.29, 0.717) is 24.7 Å². The fourth-order valence-corrected chi connectivity index (χ4v) is 1.39. The summed E-state index contributed by atoms with van der Waals surface area (Å²) in [5, 5.41) is 3.18. The Hall–Kier alpha value is -0.410. The van der Waals surface area contributed by atoms with Crippen LogP contribution < -0.4 is 5.32 Å². The number of carbonyl (C=O) groups excluding carboxylic acids is 1. The van der Waals surface area contributed by atoms with Gasteiger partial charge in [-0.1, -0.05) is 0 Å². The highest BCUT2D eigenvalue weighted by Gasteiger charge is 2.32. The standard InChI is InChI=1S/C6H9NO2/c8-5-1-4-3-9-6(2-5)7-4/h4,6-7H,1-3H2. The fraction of sp³-hybridized carbons (Fsp3) is 0.833. The van der Waals surface area contributed by atoms with Crippen molar-refractivity contribution < 1.29 is 9.53 Å². The van der Waals surface area contributed by atoms with Crippen LogP contribution in [0.1, 0.15) is 12.8 Å². The average molecular weight is 127 g/mol. The van der Waals surface area contributed by atoms with Crippen LogP contribution in [0.5, 0.6) is 0 Å². The van der Waals surface area contributed by atoms with Crippen LogP contribution >= 0.6 is 0 Å². The molecule has 1 N–H and O–H groups in total. The van der Waals surface area contributed by atoms with Crippen LogP contribution in [0.2, 0.25) is 0 Å². The molecule has 50 valence electrons. The lowest BCUT2D eigenvalue weighted by atomic mass is 10.1. The van der Waals surface area contributed by atoms with Gasteiger partial charge in [0.1, 0.15) is 12.0 Å². The van der Waals surface area contributed by atoms with Crippen LogP contribution in [-0.4, -0.2) is 24.7 Å². The molecule has 0 aromatic rings. The van der Waals surface area contributed by atoms with E-state index in [0.717, 1.165) is 6.61 Å². The van der Waals surface area contributed by atoms with Crippen molar-refractivity contribution in [3.05, 3.63) is 0 Å². The molecule has 0 aromatic heterocycles. The first-order chi connectivity index (χ1) is 4.34. The summed E-state index contributed by atoms with van der Waals surface area (Å²) < 4.78 is 5.22. The summed E-state index contributed by atoms with van der Waals surface area (Å²) in [4.78, 5) is 10.8. The molecule has 0 amide bonds. The fourth-order valence-electron chi connectivity index (χ4n) is 1.39. The predicted molar refractivity (Wildman–Crippen MR) is 30.9 cm³/mol. The molecular formula is C6H9NO2. The first-order valence-corrected chi connectivity index (χ1v) is 3.24. The second-order valence-corrected chi connectivity index (χ2v) is 2.63. The van der Waals surface area contributed by atoms with Crippen molar-refractivity contribution in [1.82, 2.24) is 5.32 Å². The van der Waals surface area contributed by atoms with Crippen molar-refractivity contribution in [2.75, 3.05) is 6.61 Å². The van der Waals surface area contributed by atoms with Gasteiger partial charge in [0, 0.05) is 18.9 Å². The zero-order chi connectivity index (χ0) is 6.27. The molecule has 0 aliphatic carbocycles. The molecule has 2 saturated heterocycles. The largest absolute Gasteiger partial charge is 0.361 e. The molecule has 2 aliphatic heterocycles. The lowest BCUT2D eigenvalue weighted by Gasteiger charge is -2.16. The minimum Gasteiger partial charge on any atom is -0.361 e. The molecule has 0 radical (unpaired) electrons. The topological polar surface area (TPSA) is 38.3 Å². The van der Waals surface area contributed by atoms with Gasteiger partial charge in [-0.2, -0.15) is 0 Å². The SMILES string of the molecule is O=C1CC2COC(C1)N2. The van der Waals surface area contributed by atoms with Gasteiger partial charge in [0.05, 0.1) is 6.61 Å². The summed E-state index contributed by atoms with van der Waals surface area (Å²) in [6, 6.07) is 0.316. The third-order valence-electron chi connectivity index (χ3n) is 1.81. The number of hydrogen-bond acceptors (Lipinski definition) is 3. The molecule has 2 unspecified atom stereocenters. The highest BCUT2D eigenvalue weighted by Crippen LogP contribution is 2.17. The second-order valence-electron chi connectivity index (χ2n) is 2.63. The number of Topliss-reactive ketones (excluding diaryl/α,β-unsaturated/α-hetero) is 1. The first-order valence-electron chi connectivity index (χ1n) is 3.24. The second kappa shape index (κ2) is 1.78. The van der Waals surface area contributed by atoms with E-state index in [1.165, 1.54) is 0 Å². The Morgan fingerprint density at radius 1 is 1.56 bits per heavy atom. The predicted octanol–water partition coefficient (Wildman–Crippen LogP) is -0.336. The first kappa shape index (κ1) is 5.38. The summed E-state index contributed by atoms with van der Waals surface area (Å²) >= 11 is 0. The van der Waals surface area contributed by atoms with E-state index in [2.05, 4.69) is 5.32 Å². The Kier molecular flexibility index (Phi) is 1.07. The van der Waals surface area contributed by atoms with Crippen LogP contribution in [0.15, 0.2) is 0 Å². The van der Waals surface area contributed by atoms with Gasteiger partial charge in [-0.15, -0.1) is 0 Å². The molecule has 2 heterocycles. The number of nitrogens with one attached hydrogen (secondary N) is 1. The zero-order valence-electron chi connectivity index (χ0n) is 5.09. The quantitative estimate of drug-likeness (QED) is 0.484. The van der Waals surface area contributed by atoms with E-state index >= 15 is 0 Å². The van der Waals surface area contributed by atoms with Gasteiger partial charge >= 0.3 is 0 Å². The van der Waals surface area contributed by atoms with Crippen molar-refractivity contribution in [3.63, 3.8) is 0 Å². The van der Waals surface area contributed by atoms with E-state index in [-0.39, 0.29) is 6.23 Å². The number of carbonyl (C=O) groups is 1. The molecule has 9 heavy (non-hydrogen) atoms. The molecule has 2 atom stereocenters. The Labute approximate surface area is 53.4 Å². The van der Waals surface area contributed by atoms with Gasteiger partial charge in [-0.25, -0.2) is 0 Å². The monoisotopic (exact) mass is 127 g/mol. The molecule has 3 nitrogen and oxygen atoms in total. The number of fused-ring (bicyclic) bond motifs is 2. The van der Waals surface area contributed by atoms with Gasteiger partial charge in [0.25, 0.3) is 0 Å². The van der Waals surface area contributed by atoms with Crippen molar-refractivity contribution in [2.24, 2.45) is 0 Å². The molecule has 2 bridgehead atoms. The zero-order valence-corrected chi connectivity index (χ0v) is 5.09. The minimum absolute atomic E-state index is 0.0382. The van der Waals surface area contributed by atoms with Crippen molar-refractivity contribution in [3.8, 4) is 0 Å². The summed E-state index contributed by atoms with van der Waals surface area (Å²) in [5.74, 6) is 0.334. The summed E-state index contributed by atoms with van der Waals surface area (Å²) in [6.07, 6.45) is 1.27. The number of hydrogen-bond donors (Lipinski definition) is 1. The van der Waals surface area contributed by atoms with Crippen molar-refractivity contribution in [2.45, 2.75) is 25.1 Å². The van der Waals surface area contributed by atoms with Crippen LogP contribution in [0.4, 0.5) is 0 Å². The van der Waals surface area contributed by atoms with Gasteiger partial charge in [-0.05, 0) is 0 Å². The number of ketones is 1. The Morgan fingerprint density at radius 3 is 3.22 bits per heavy atom. The maximum atomic E-state index is 10.8. The summed E-state index contributed by atoms with van der Waals surface area (Å²) in [6.45, 7) is 0.719. The molecule has 2 fully saturated rings. The maximum absolute atomic E-state index is 10.8. The summed E-state index contributed by atoms with van der Waals surface area (Å²) in [7, 11) is 0. The van der Waals surface area contributed by atoms with Crippen LogP contribution in [0.3, 0.4) is 0 Å². The number of rotatable bonds is 0. The normalized spacial score (nSPS) is 41.6. The highest BCUT2D eigenvalue weighted by atomic mass is 16.5. The third-order valence-corrected chi connectivity index (χ3v) is 1.81. The minimum atomic E-state index is 0.0382. The Balaban J connectivity index is 2.11. The van der Waals surface area contributed by atoms with E-state index in [1.54, 1.807) is 0 Å². The van der Waals surface area contributed by atoms with Crippen molar-refractivity contribution in [1.29, 1.82) is 0 Å². The Bertz CT molecular complexity index is 132. The maximum Gasteiger partial charge on any atom is 0.138 e. The molecule has 3 heteroatoms. The van der Waals surface area contributed by atoms with E-state index in [9.17, 15) is 4.79 Å². The molecule has 0 aromatic carbocycles. The van der Waals surface area contributed by atoms with Crippen LogP contribution in [0, 0.1) is 0 Å². The molecule has 2 aliphatic rings. The van der Waals surface area contributed by atoms with E-state index in [1.807, 2.05) is 0 Å². The van der Waals surface area contributed by atoms with Gasteiger partial charge in [-0.3, -0.25) is 10.1 Å². The molecule has 0 saturated carbocycles. The van der Waals surface area contributed by atoms with E-state index in [4.69, 9.17) is 4.74 Å². The Morgan fingerprint density at radius 2 is 2.44 bits per heavy atom. The van der Waals surface area contributed by atoms with Gasteiger partial charge in [0.15, 0.2) is 0 Å². The molecule has 0 spiro atoms. The third kappa shape index (κ3) is 0.862.